The molecule has 4 heteroatoms. The third-order valence-electron chi connectivity index (χ3n) is 3.48. The van der Waals surface area contributed by atoms with E-state index in [2.05, 4.69) is 23.4 Å². The normalized spacial score (nSPS) is 10.0. The minimum Gasteiger partial charge on any atom is -0.507 e. The second kappa shape index (κ2) is 6.76. The van der Waals surface area contributed by atoms with Crippen LogP contribution in [0.25, 0.3) is 10.9 Å². The number of aromatic nitrogens is 1. The highest BCUT2D eigenvalue weighted by molar-refractivity contribution is 6.11. The fourth-order valence-electron chi connectivity index (χ4n) is 2.31. The van der Waals surface area contributed by atoms with Crippen molar-refractivity contribution in [1.82, 2.24) is 4.98 Å². The predicted octanol–water partition coefficient (Wildman–Crippen LogP) is 3.67. The number of hydrogen-bond acceptors (Lipinski definition) is 3. The van der Waals surface area contributed by atoms with Crippen molar-refractivity contribution in [2.45, 2.75) is 0 Å². The fraction of sp³-hybridized carbons (Fsp3) is 0.0500. The molecule has 3 rings (SSSR count). The zero-order valence-corrected chi connectivity index (χ0v) is 12.9. The molecule has 4 nitrogen and oxygen atoms in total. The van der Waals surface area contributed by atoms with E-state index in [9.17, 15) is 9.90 Å². The molecule has 0 saturated carbocycles. The van der Waals surface area contributed by atoms with Crippen molar-refractivity contribution in [3.8, 4) is 23.3 Å². The monoisotopic (exact) mass is 317 g/mol. The Morgan fingerprint density at radius 1 is 1.29 bits per heavy atom. The van der Waals surface area contributed by atoms with Gasteiger partial charge in [-0.1, -0.05) is 36.8 Å². The summed E-state index contributed by atoms with van der Waals surface area (Å²) in [6.45, 7) is 3.88. The van der Waals surface area contributed by atoms with Crippen LogP contribution in [-0.2, 0) is 0 Å². The van der Waals surface area contributed by atoms with Gasteiger partial charge < -0.3 is 14.8 Å². The van der Waals surface area contributed by atoms with Crippen LogP contribution in [0.1, 0.15) is 15.9 Å². The lowest BCUT2D eigenvalue weighted by Gasteiger charge is -2.05. The molecule has 3 aromatic rings. The number of aromatic amines is 1. The molecule has 0 radical (unpaired) electrons. The number of phenols is 1. The molecule has 24 heavy (non-hydrogen) atoms. The van der Waals surface area contributed by atoms with Crippen molar-refractivity contribution in [2.24, 2.45) is 0 Å². The van der Waals surface area contributed by atoms with E-state index in [1.807, 2.05) is 24.3 Å². The molecular weight excluding hydrogens is 302 g/mol. The Balaban J connectivity index is 1.84. The minimum absolute atomic E-state index is 0.147. The Morgan fingerprint density at radius 2 is 2.12 bits per heavy atom. The van der Waals surface area contributed by atoms with Gasteiger partial charge in [-0.2, -0.15) is 0 Å². The summed E-state index contributed by atoms with van der Waals surface area (Å²) < 4.78 is 5.31. The van der Waals surface area contributed by atoms with E-state index in [-0.39, 0.29) is 11.3 Å². The highest BCUT2D eigenvalue weighted by atomic mass is 16.5. The van der Waals surface area contributed by atoms with Crippen LogP contribution in [-0.4, -0.2) is 22.5 Å². The van der Waals surface area contributed by atoms with Crippen LogP contribution in [0, 0.1) is 11.8 Å². The molecule has 0 amide bonds. The minimum atomic E-state index is -0.451. The Labute approximate surface area is 139 Å². The van der Waals surface area contributed by atoms with Gasteiger partial charge in [-0.3, -0.25) is 4.79 Å². The van der Waals surface area contributed by atoms with Crippen molar-refractivity contribution < 1.29 is 14.6 Å². The van der Waals surface area contributed by atoms with E-state index in [1.165, 1.54) is 12.1 Å². The van der Waals surface area contributed by atoms with Gasteiger partial charge in [0.25, 0.3) is 0 Å². The molecule has 0 saturated heterocycles. The van der Waals surface area contributed by atoms with E-state index < -0.39 is 5.78 Å². The maximum atomic E-state index is 12.2. The first-order valence-corrected chi connectivity index (χ1v) is 7.38. The summed E-state index contributed by atoms with van der Waals surface area (Å²) in [5.74, 6) is 5.28. The number of aromatic hydroxyl groups is 1. The van der Waals surface area contributed by atoms with Crippen LogP contribution < -0.4 is 4.74 Å². The Morgan fingerprint density at radius 3 is 2.92 bits per heavy atom. The zero-order chi connectivity index (χ0) is 16.9. The third-order valence-corrected chi connectivity index (χ3v) is 3.48. The second-order valence-corrected chi connectivity index (χ2v) is 5.11. The smallest absolute Gasteiger partial charge is 0.239 e. The summed E-state index contributed by atoms with van der Waals surface area (Å²) in [6.07, 6.45) is 3.36. The number of ketones is 1. The molecule has 2 aromatic carbocycles. The highest BCUT2D eigenvalue weighted by Gasteiger charge is 2.10. The molecule has 0 aliphatic heterocycles. The average Bonchev–Trinajstić information content (AvgIpc) is 3.01. The number of H-pyrrole nitrogens is 1. The van der Waals surface area contributed by atoms with E-state index in [0.29, 0.717) is 12.4 Å². The number of rotatable bonds is 4. The number of para-hydroxylation sites is 1. The SMILES string of the molecule is C=CCOc1ccc(C(=O)C#Cc2c[nH]c3ccccc23)c(O)c1. The first-order chi connectivity index (χ1) is 11.7. The van der Waals surface area contributed by atoms with Crippen LogP contribution in [0.5, 0.6) is 11.5 Å². The molecule has 0 unspecified atom stereocenters. The van der Waals surface area contributed by atoms with Crippen molar-refractivity contribution in [1.29, 1.82) is 0 Å². The molecular formula is C20H15NO3. The molecule has 118 valence electrons. The lowest BCUT2D eigenvalue weighted by Crippen LogP contribution is -1.98. The van der Waals surface area contributed by atoms with E-state index in [1.54, 1.807) is 18.3 Å². The van der Waals surface area contributed by atoms with Crippen LogP contribution in [0.15, 0.2) is 61.3 Å². The quantitative estimate of drug-likeness (QED) is 0.438. The standard InChI is InChI=1S/C20H15NO3/c1-2-11-24-15-8-9-17(20(23)12-15)19(22)10-7-14-13-21-18-6-4-3-5-16(14)18/h2-6,8-9,12-13,21,23H,1,11H2. The van der Waals surface area contributed by atoms with E-state index in [0.717, 1.165) is 16.5 Å². The number of Topliss-reactive ketones (excluding diaryl/α,β-unsaturated/α-hetero) is 1. The maximum Gasteiger partial charge on any atom is 0.239 e. The Hall–Kier alpha value is -3.45. The maximum absolute atomic E-state index is 12.2. The lowest BCUT2D eigenvalue weighted by molar-refractivity contribution is 0.105. The van der Waals surface area contributed by atoms with Gasteiger partial charge in [0.1, 0.15) is 18.1 Å². The Kier molecular flexibility index (Phi) is 4.35. The van der Waals surface area contributed by atoms with E-state index >= 15 is 0 Å². The Bertz CT molecular complexity index is 973. The van der Waals surface area contributed by atoms with Crippen molar-refractivity contribution in [2.75, 3.05) is 6.61 Å². The van der Waals surface area contributed by atoms with Gasteiger partial charge in [0.05, 0.1) is 11.1 Å². The van der Waals surface area contributed by atoms with Crippen molar-refractivity contribution in [3.63, 3.8) is 0 Å². The summed E-state index contributed by atoms with van der Waals surface area (Å²) in [4.78, 5) is 15.3. The molecule has 1 aromatic heterocycles. The number of carbonyl (C=O) groups is 1. The average molecular weight is 317 g/mol. The van der Waals surface area contributed by atoms with Crippen LogP contribution >= 0.6 is 0 Å². The summed E-state index contributed by atoms with van der Waals surface area (Å²) in [7, 11) is 0. The van der Waals surface area contributed by atoms with Gasteiger partial charge >= 0.3 is 0 Å². The van der Waals surface area contributed by atoms with Crippen LogP contribution in [0.3, 0.4) is 0 Å². The first-order valence-electron chi connectivity index (χ1n) is 7.38. The number of phenolic OH excluding ortho intramolecular Hbond substituents is 1. The molecule has 0 spiro atoms. The number of benzene rings is 2. The number of ether oxygens (including phenoxy) is 1. The highest BCUT2D eigenvalue weighted by Crippen LogP contribution is 2.24. The molecule has 2 N–H and O–H groups in total. The van der Waals surface area contributed by atoms with Gasteiger partial charge in [0.15, 0.2) is 0 Å². The summed E-state index contributed by atoms with van der Waals surface area (Å²) in [5.41, 5.74) is 1.85. The van der Waals surface area contributed by atoms with Gasteiger partial charge in [-0.15, -0.1) is 0 Å². The summed E-state index contributed by atoms with van der Waals surface area (Å²) >= 11 is 0. The second-order valence-electron chi connectivity index (χ2n) is 5.11. The molecule has 0 atom stereocenters. The number of fused-ring (bicyclic) bond motifs is 1. The fourth-order valence-corrected chi connectivity index (χ4v) is 2.31. The van der Waals surface area contributed by atoms with Crippen LogP contribution in [0.2, 0.25) is 0 Å². The zero-order valence-electron chi connectivity index (χ0n) is 12.9. The lowest BCUT2D eigenvalue weighted by atomic mass is 10.1. The van der Waals surface area contributed by atoms with Gasteiger partial charge in [-0.05, 0) is 24.1 Å². The molecule has 0 fully saturated rings. The first kappa shape index (κ1) is 15.4. The van der Waals surface area contributed by atoms with Gasteiger partial charge in [-0.25, -0.2) is 0 Å². The van der Waals surface area contributed by atoms with E-state index in [4.69, 9.17) is 4.74 Å². The number of carbonyl (C=O) groups excluding carboxylic acids is 1. The van der Waals surface area contributed by atoms with Crippen molar-refractivity contribution >= 4 is 16.7 Å². The summed E-state index contributed by atoms with van der Waals surface area (Å²) in [6, 6.07) is 12.2. The summed E-state index contributed by atoms with van der Waals surface area (Å²) in [5, 5.41) is 10.9. The molecule has 0 aliphatic rings. The van der Waals surface area contributed by atoms with Gasteiger partial charge in [0, 0.05) is 23.2 Å². The predicted molar refractivity (Wildman–Crippen MR) is 93.3 cm³/mol. The largest absolute Gasteiger partial charge is 0.507 e. The number of nitrogens with one attached hydrogen (secondary N) is 1. The molecule has 1 heterocycles. The third kappa shape index (κ3) is 3.16. The van der Waals surface area contributed by atoms with Crippen LogP contribution in [0.4, 0.5) is 0 Å². The molecule has 0 bridgehead atoms. The molecule has 0 aliphatic carbocycles. The number of hydrogen-bond donors (Lipinski definition) is 2. The topological polar surface area (TPSA) is 62.3 Å². The van der Waals surface area contributed by atoms with Crippen molar-refractivity contribution in [3.05, 3.63) is 72.4 Å². The van der Waals surface area contributed by atoms with Gasteiger partial charge in [0.2, 0.25) is 5.78 Å².